The zero-order valence-electron chi connectivity index (χ0n) is 7.02. The molecule has 1 atom stereocenters. The number of hydrogen-bond acceptors (Lipinski definition) is 1. The van der Waals surface area contributed by atoms with Gasteiger partial charge in [-0.3, -0.25) is 4.99 Å². The molecular weight excluding hydrogens is 114 g/mol. The second-order valence-corrected chi connectivity index (χ2v) is 2.09. The molecule has 3 heteroatoms. The molecule has 0 saturated carbocycles. The molecule has 0 aromatic carbocycles. The fraction of sp³-hybridized carbons (Fsp3) is 0.833. The smallest absolute Gasteiger partial charge is 0.188 e. The minimum Gasteiger partial charge on any atom is -0.370 e. The highest BCUT2D eigenvalue weighted by Crippen LogP contribution is 1.85. The molecule has 0 aliphatic heterocycles. The van der Waals surface area contributed by atoms with Crippen LogP contribution in [0.25, 0.3) is 0 Å². The Morgan fingerprint density at radius 2 is 2.67 bits per heavy atom. The molecule has 0 aliphatic carbocycles. The number of aliphatic imine (C=N–C) groups is 1. The maximum Gasteiger partial charge on any atom is 0.188 e. The van der Waals surface area contributed by atoms with Crippen LogP contribution in [-0.2, 0) is 0 Å². The lowest BCUT2D eigenvalue weighted by molar-refractivity contribution is 0.622. The number of nitrogens with two attached hydrogens (primary N) is 1. The number of guanidine groups is 1. The van der Waals surface area contributed by atoms with Gasteiger partial charge in [0.15, 0.2) is 5.96 Å². The first kappa shape index (κ1) is 6.39. The zero-order chi connectivity index (χ0) is 7.98. The molecule has 9 heavy (non-hydrogen) atoms. The Morgan fingerprint density at radius 1 is 2.00 bits per heavy atom. The van der Waals surface area contributed by atoms with Crippen LogP contribution in [0.1, 0.15) is 15.2 Å². The quantitative estimate of drug-likeness (QED) is 0.414. The molecule has 0 heterocycles. The lowest BCUT2D eigenvalue weighted by Gasteiger charge is -2.05. The van der Waals surface area contributed by atoms with E-state index in [1.165, 1.54) is 0 Å². The number of hydrogen-bond donors (Lipinski definition) is 2. The molecule has 0 saturated heterocycles. The lowest BCUT2D eigenvalue weighted by atomic mass is 10.2. The monoisotopic (exact) mass is 130 g/mol. The van der Waals surface area contributed by atoms with Gasteiger partial charge in [-0.05, 0) is 5.92 Å². The van der Waals surface area contributed by atoms with Crippen LogP contribution >= 0.6 is 0 Å². The Kier molecular flexibility index (Phi) is 2.97. The molecule has 0 aliphatic rings. The number of rotatable bonds is 2. The van der Waals surface area contributed by atoms with Crippen molar-refractivity contribution in [2.45, 2.75) is 13.8 Å². The highest BCUT2D eigenvalue weighted by atomic mass is 15.1. The fourth-order valence-corrected chi connectivity index (χ4v) is 0.358. The van der Waals surface area contributed by atoms with E-state index in [9.17, 15) is 0 Å². The van der Waals surface area contributed by atoms with Crippen LogP contribution in [0.15, 0.2) is 4.99 Å². The van der Waals surface area contributed by atoms with Crippen LogP contribution < -0.4 is 11.1 Å². The molecule has 54 valence electrons. The average molecular weight is 130 g/mol. The summed E-state index contributed by atoms with van der Waals surface area (Å²) < 4.78 is 6.99. The van der Waals surface area contributed by atoms with E-state index in [4.69, 9.17) is 7.10 Å². The molecule has 0 rings (SSSR count). The predicted molar refractivity (Wildman–Crippen MR) is 40.4 cm³/mol. The van der Waals surface area contributed by atoms with Crippen molar-refractivity contribution in [3.05, 3.63) is 0 Å². The van der Waals surface area contributed by atoms with Crippen molar-refractivity contribution in [3.8, 4) is 0 Å². The Bertz CT molecular complexity index is 114. The van der Waals surface area contributed by atoms with Crippen molar-refractivity contribution < 1.29 is 1.37 Å². The average Bonchev–Trinajstić information content (AvgIpc) is 1.99. The summed E-state index contributed by atoms with van der Waals surface area (Å²) in [6.07, 6.45) is 0. The second kappa shape index (κ2) is 4.18. The lowest BCUT2D eigenvalue weighted by Crippen LogP contribution is -2.33. The first-order valence-electron chi connectivity index (χ1n) is 3.66. The SMILES string of the molecule is [2H]CC(C)CNC(N)=NC. The molecule has 0 fully saturated rings. The van der Waals surface area contributed by atoms with Crippen LogP contribution in [0, 0.1) is 5.92 Å². The van der Waals surface area contributed by atoms with Gasteiger partial charge in [-0.2, -0.15) is 0 Å². The van der Waals surface area contributed by atoms with Crippen LogP contribution in [0.3, 0.4) is 0 Å². The van der Waals surface area contributed by atoms with Gasteiger partial charge < -0.3 is 11.1 Å². The van der Waals surface area contributed by atoms with Gasteiger partial charge in [-0.25, -0.2) is 0 Å². The van der Waals surface area contributed by atoms with E-state index in [1.54, 1.807) is 7.05 Å². The molecular formula is C6H15N3. The first-order valence-corrected chi connectivity index (χ1v) is 2.96. The molecule has 0 spiro atoms. The van der Waals surface area contributed by atoms with Crippen molar-refractivity contribution >= 4 is 5.96 Å². The largest absolute Gasteiger partial charge is 0.370 e. The molecule has 0 aromatic heterocycles. The Balaban J connectivity index is 3.35. The van der Waals surface area contributed by atoms with Gasteiger partial charge in [0.05, 0.1) is 0 Å². The molecule has 0 bridgehead atoms. The third-order valence-corrected chi connectivity index (χ3v) is 0.873. The molecule has 3 N–H and O–H groups in total. The molecule has 0 aromatic rings. The zero-order valence-corrected chi connectivity index (χ0v) is 6.02. The van der Waals surface area contributed by atoms with E-state index in [1.807, 2.05) is 6.92 Å². The van der Waals surface area contributed by atoms with Crippen molar-refractivity contribution in [1.82, 2.24) is 5.32 Å². The predicted octanol–water partition coefficient (Wildman–Crippen LogP) is 0.176. The summed E-state index contributed by atoms with van der Waals surface area (Å²) in [6, 6.07) is 0. The van der Waals surface area contributed by atoms with Gasteiger partial charge in [-0.1, -0.05) is 13.8 Å². The van der Waals surface area contributed by atoms with Crippen molar-refractivity contribution in [1.29, 1.82) is 0 Å². The highest BCUT2D eigenvalue weighted by Gasteiger charge is 1.91. The van der Waals surface area contributed by atoms with Crippen LogP contribution in [0.4, 0.5) is 0 Å². The van der Waals surface area contributed by atoms with E-state index >= 15 is 0 Å². The van der Waals surface area contributed by atoms with E-state index < -0.39 is 0 Å². The van der Waals surface area contributed by atoms with Crippen LogP contribution in [0.5, 0.6) is 0 Å². The maximum absolute atomic E-state index is 6.99. The van der Waals surface area contributed by atoms with Gasteiger partial charge >= 0.3 is 0 Å². The van der Waals surface area contributed by atoms with Gasteiger partial charge in [0.1, 0.15) is 0 Å². The third-order valence-electron chi connectivity index (χ3n) is 0.873. The summed E-state index contributed by atoms with van der Waals surface area (Å²) in [5.74, 6) is 0.778. The van der Waals surface area contributed by atoms with Gasteiger partial charge in [0.25, 0.3) is 0 Å². The molecule has 3 nitrogen and oxygen atoms in total. The summed E-state index contributed by atoms with van der Waals surface area (Å²) in [6.45, 7) is 3.14. The van der Waals surface area contributed by atoms with E-state index in [-0.39, 0.29) is 0 Å². The highest BCUT2D eigenvalue weighted by molar-refractivity contribution is 5.77. The standard InChI is InChI=1S/C6H15N3/c1-5(2)4-9-6(7)8-3/h5H,4H2,1-3H3,(H3,7,8,9)/i1D. The number of nitrogens with one attached hydrogen (secondary N) is 1. The fourth-order valence-electron chi connectivity index (χ4n) is 0.358. The second-order valence-electron chi connectivity index (χ2n) is 2.09. The van der Waals surface area contributed by atoms with E-state index in [0.717, 1.165) is 6.54 Å². The summed E-state index contributed by atoms with van der Waals surface area (Å²) in [7, 11) is 1.63. The Labute approximate surface area is 57.8 Å². The molecule has 0 radical (unpaired) electrons. The molecule has 1 unspecified atom stereocenters. The summed E-state index contributed by atoms with van der Waals surface area (Å²) in [4.78, 5) is 3.72. The summed E-state index contributed by atoms with van der Waals surface area (Å²) >= 11 is 0. The van der Waals surface area contributed by atoms with Gasteiger partial charge in [-0.15, -0.1) is 0 Å². The first-order chi connectivity index (χ1) is 4.70. The van der Waals surface area contributed by atoms with Crippen molar-refractivity contribution in [2.24, 2.45) is 16.6 Å². The summed E-state index contributed by atoms with van der Waals surface area (Å²) in [5, 5.41) is 2.89. The third kappa shape index (κ3) is 5.14. The maximum atomic E-state index is 6.99. The van der Waals surface area contributed by atoms with Crippen LogP contribution in [0.2, 0.25) is 0 Å². The van der Waals surface area contributed by atoms with E-state index in [0.29, 0.717) is 18.8 Å². The van der Waals surface area contributed by atoms with Gasteiger partial charge in [0.2, 0.25) is 0 Å². The Morgan fingerprint density at radius 3 is 3.11 bits per heavy atom. The van der Waals surface area contributed by atoms with Crippen LogP contribution in [-0.4, -0.2) is 19.6 Å². The van der Waals surface area contributed by atoms with Crippen molar-refractivity contribution in [3.63, 3.8) is 0 Å². The topological polar surface area (TPSA) is 50.4 Å². The molecule has 0 amide bonds. The van der Waals surface area contributed by atoms with Crippen molar-refractivity contribution in [2.75, 3.05) is 13.6 Å². The Hall–Kier alpha value is -0.730. The minimum absolute atomic E-state index is 0.334. The normalized spacial score (nSPS) is 16.7. The summed E-state index contributed by atoms with van der Waals surface area (Å²) in [5.41, 5.74) is 5.35. The van der Waals surface area contributed by atoms with Gasteiger partial charge in [0, 0.05) is 15.0 Å². The van der Waals surface area contributed by atoms with E-state index in [2.05, 4.69) is 10.3 Å². The number of nitrogens with zero attached hydrogens (tertiary/aromatic N) is 1. The minimum atomic E-state index is 0.334.